The Labute approximate surface area is 112 Å². The number of carbonyl (C=O) groups is 1. The van der Waals surface area contributed by atoms with Crippen molar-refractivity contribution in [2.45, 2.75) is 18.7 Å². The van der Waals surface area contributed by atoms with Gasteiger partial charge in [-0.2, -0.15) is 13.2 Å². The zero-order valence-corrected chi connectivity index (χ0v) is 10.4. The monoisotopic (exact) mass is 284 g/mol. The summed E-state index contributed by atoms with van der Waals surface area (Å²) in [6, 6.07) is 7.78. The summed E-state index contributed by atoms with van der Waals surface area (Å²) in [5.74, 6) is -1.11. The lowest BCUT2D eigenvalue weighted by molar-refractivity contribution is -0.258. The minimum Gasteiger partial charge on any atom is -0.478 e. The Morgan fingerprint density at radius 1 is 1.05 bits per heavy atom. The molecule has 6 heteroatoms. The van der Waals surface area contributed by atoms with E-state index in [9.17, 15) is 23.1 Å². The number of hydrogen-bond acceptors (Lipinski definition) is 2. The highest BCUT2D eigenvalue weighted by molar-refractivity contribution is 5.94. The molecule has 0 aliphatic carbocycles. The second-order valence-corrected chi connectivity index (χ2v) is 4.65. The summed E-state index contributed by atoms with van der Waals surface area (Å²) in [4.78, 5) is 10.8. The molecule has 0 saturated carbocycles. The third-order valence-electron chi connectivity index (χ3n) is 3.20. The van der Waals surface area contributed by atoms with E-state index in [1.54, 1.807) is 0 Å². The first-order valence-electron chi connectivity index (χ1n) is 5.69. The third kappa shape index (κ3) is 2.34. The van der Waals surface area contributed by atoms with Crippen LogP contribution in [0.3, 0.4) is 0 Å². The van der Waals surface area contributed by atoms with E-state index < -0.39 is 17.7 Å². The number of carboxylic acids is 1. The zero-order valence-electron chi connectivity index (χ0n) is 10.4. The number of halogens is 3. The number of fused-ring (bicyclic) bond motifs is 1. The summed E-state index contributed by atoms with van der Waals surface area (Å²) < 4.78 is 38.3. The fourth-order valence-corrected chi connectivity index (χ4v) is 1.85. The molecule has 0 aliphatic rings. The predicted octanol–water partition coefficient (Wildman–Crippen LogP) is 3.31. The lowest BCUT2D eigenvalue weighted by Gasteiger charge is -2.26. The van der Waals surface area contributed by atoms with Crippen LogP contribution in [0.1, 0.15) is 22.8 Å². The molecule has 0 radical (unpaired) electrons. The summed E-state index contributed by atoms with van der Waals surface area (Å²) in [5, 5.41) is 19.4. The number of alkyl halides is 3. The van der Waals surface area contributed by atoms with Crippen LogP contribution in [0.15, 0.2) is 36.4 Å². The van der Waals surface area contributed by atoms with Crippen molar-refractivity contribution in [3.8, 4) is 0 Å². The molecule has 2 rings (SSSR count). The predicted molar refractivity (Wildman–Crippen MR) is 66.5 cm³/mol. The molecular weight excluding hydrogens is 273 g/mol. The molecule has 0 spiro atoms. The smallest absolute Gasteiger partial charge is 0.421 e. The van der Waals surface area contributed by atoms with Crippen molar-refractivity contribution in [2.24, 2.45) is 0 Å². The molecule has 0 amide bonds. The average Bonchev–Trinajstić information content (AvgIpc) is 2.36. The molecular formula is C14H11F3O3. The quantitative estimate of drug-likeness (QED) is 0.889. The van der Waals surface area contributed by atoms with E-state index in [-0.39, 0.29) is 11.1 Å². The number of hydrogen-bond donors (Lipinski definition) is 2. The Kier molecular flexibility index (Phi) is 3.21. The van der Waals surface area contributed by atoms with E-state index >= 15 is 0 Å². The molecule has 3 nitrogen and oxygen atoms in total. The van der Waals surface area contributed by atoms with Crippen LogP contribution < -0.4 is 0 Å². The van der Waals surface area contributed by atoms with Gasteiger partial charge >= 0.3 is 12.1 Å². The normalized spacial score (nSPS) is 15.1. The number of benzene rings is 2. The fraction of sp³-hybridized carbons (Fsp3) is 0.214. The summed E-state index contributed by atoms with van der Waals surface area (Å²) in [6.07, 6.45) is -4.79. The Morgan fingerprint density at radius 3 is 2.15 bits per heavy atom. The number of aliphatic hydroxyl groups is 1. The first-order chi connectivity index (χ1) is 9.13. The Bertz CT molecular complexity index is 675. The van der Waals surface area contributed by atoms with Gasteiger partial charge in [-0.1, -0.05) is 18.2 Å². The van der Waals surface area contributed by atoms with Gasteiger partial charge in [-0.3, -0.25) is 0 Å². The molecule has 2 N–H and O–H groups in total. The highest BCUT2D eigenvalue weighted by atomic mass is 19.4. The van der Waals surface area contributed by atoms with E-state index in [4.69, 9.17) is 5.11 Å². The van der Waals surface area contributed by atoms with Crippen LogP contribution in [-0.4, -0.2) is 22.4 Å². The second-order valence-electron chi connectivity index (χ2n) is 4.65. The number of carboxylic acid groups (broad SMARTS) is 1. The van der Waals surface area contributed by atoms with Crippen molar-refractivity contribution < 1.29 is 28.2 Å². The van der Waals surface area contributed by atoms with Crippen molar-refractivity contribution in [1.82, 2.24) is 0 Å². The largest absolute Gasteiger partial charge is 0.478 e. The molecule has 0 aliphatic heterocycles. The molecule has 0 heterocycles. The molecule has 2 aromatic rings. The summed E-state index contributed by atoms with van der Waals surface area (Å²) in [5.41, 5.74) is -3.19. The Hall–Kier alpha value is -2.08. The van der Waals surface area contributed by atoms with Crippen molar-refractivity contribution in [1.29, 1.82) is 0 Å². The van der Waals surface area contributed by atoms with Crippen LogP contribution >= 0.6 is 0 Å². The number of aromatic carboxylic acids is 1. The van der Waals surface area contributed by atoms with Gasteiger partial charge in [0.05, 0.1) is 5.56 Å². The lowest BCUT2D eigenvalue weighted by Crippen LogP contribution is -2.39. The fourth-order valence-electron chi connectivity index (χ4n) is 1.85. The molecule has 0 aromatic heterocycles. The van der Waals surface area contributed by atoms with Gasteiger partial charge in [0, 0.05) is 0 Å². The van der Waals surface area contributed by atoms with E-state index in [0.29, 0.717) is 17.7 Å². The number of rotatable bonds is 2. The molecule has 20 heavy (non-hydrogen) atoms. The first-order valence-corrected chi connectivity index (χ1v) is 5.69. The van der Waals surface area contributed by atoms with Crippen molar-refractivity contribution >= 4 is 16.7 Å². The van der Waals surface area contributed by atoms with Crippen LogP contribution in [0, 0.1) is 0 Å². The maximum Gasteiger partial charge on any atom is 0.421 e. The zero-order chi connectivity index (χ0) is 15.1. The highest BCUT2D eigenvalue weighted by Gasteiger charge is 2.51. The van der Waals surface area contributed by atoms with Gasteiger partial charge < -0.3 is 10.2 Å². The molecule has 106 valence electrons. The van der Waals surface area contributed by atoms with Crippen molar-refractivity contribution in [3.05, 3.63) is 47.5 Å². The molecule has 0 bridgehead atoms. The third-order valence-corrected chi connectivity index (χ3v) is 3.20. The van der Waals surface area contributed by atoms with Crippen molar-refractivity contribution in [3.63, 3.8) is 0 Å². The van der Waals surface area contributed by atoms with Gasteiger partial charge in [0.25, 0.3) is 0 Å². The van der Waals surface area contributed by atoms with E-state index in [1.165, 1.54) is 30.3 Å². The molecule has 0 fully saturated rings. The standard InChI is InChI=1S/C14H11F3O3/c1-13(20,14(15,16)17)11-5-4-8-6-10(12(18)19)3-2-9(8)7-11/h2-7,20H,1H3,(H,18,19)/t13-/m1/s1. The van der Waals surface area contributed by atoms with Crippen LogP contribution in [0.2, 0.25) is 0 Å². The summed E-state index contributed by atoms with van der Waals surface area (Å²) >= 11 is 0. The van der Waals surface area contributed by atoms with Gasteiger partial charge in [0.1, 0.15) is 0 Å². The minimum atomic E-state index is -4.79. The van der Waals surface area contributed by atoms with Crippen LogP contribution in [0.5, 0.6) is 0 Å². The van der Waals surface area contributed by atoms with E-state index in [0.717, 1.165) is 6.07 Å². The van der Waals surface area contributed by atoms with Crippen LogP contribution in [-0.2, 0) is 5.60 Å². The Balaban J connectivity index is 2.56. The van der Waals surface area contributed by atoms with Gasteiger partial charge in [-0.05, 0) is 41.5 Å². The maximum absolute atomic E-state index is 12.8. The van der Waals surface area contributed by atoms with Crippen LogP contribution in [0.4, 0.5) is 13.2 Å². The van der Waals surface area contributed by atoms with Gasteiger partial charge in [0.15, 0.2) is 5.60 Å². The lowest BCUT2D eigenvalue weighted by atomic mass is 9.92. The summed E-state index contributed by atoms with van der Waals surface area (Å²) in [7, 11) is 0. The highest BCUT2D eigenvalue weighted by Crippen LogP contribution is 2.39. The van der Waals surface area contributed by atoms with Crippen LogP contribution in [0.25, 0.3) is 10.8 Å². The van der Waals surface area contributed by atoms with Gasteiger partial charge in [-0.25, -0.2) is 4.79 Å². The second kappa shape index (κ2) is 4.49. The minimum absolute atomic E-state index is 0.0489. The SMILES string of the molecule is C[C@@](O)(c1ccc2cc(C(=O)O)ccc2c1)C(F)(F)F. The molecule has 2 aromatic carbocycles. The average molecular weight is 284 g/mol. The molecule has 0 saturated heterocycles. The van der Waals surface area contributed by atoms with E-state index in [1.807, 2.05) is 0 Å². The Morgan fingerprint density at radius 2 is 1.60 bits per heavy atom. The molecule has 0 unspecified atom stereocenters. The summed E-state index contributed by atoms with van der Waals surface area (Å²) in [6.45, 7) is 0.680. The van der Waals surface area contributed by atoms with Gasteiger partial charge in [0.2, 0.25) is 0 Å². The first kappa shape index (κ1) is 14.3. The maximum atomic E-state index is 12.8. The van der Waals surface area contributed by atoms with Gasteiger partial charge in [-0.15, -0.1) is 0 Å². The van der Waals surface area contributed by atoms with Crippen molar-refractivity contribution in [2.75, 3.05) is 0 Å². The van der Waals surface area contributed by atoms with E-state index in [2.05, 4.69) is 0 Å². The molecule has 1 atom stereocenters. The topological polar surface area (TPSA) is 57.5 Å².